The second-order valence-corrected chi connectivity index (χ2v) is 5.96. The topological polar surface area (TPSA) is 34.7 Å². The van der Waals surface area contributed by atoms with Gasteiger partial charge in [0, 0.05) is 10.9 Å². The lowest BCUT2D eigenvalue weighted by Crippen LogP contribution is -2.09. The fourth-order valence-electron chi connectivity index (χ4n) is 3.26. The van der Waals surface area contributed by atoms with Crippen LogP contribution >= 0.6 is 0 Å². The first-order valence-corrected chi connectivity index (χ1v) is 8.28. The molecule has 0 N–H and O–H groups in total. The smallest absolute Gasteiger partial charge is 0.137 e. The van der Waals surface area contributed by atoms with Crippen LogP contribution in [0.1, 0.15) is 5.56 Å². The molecule has 0 spiro atoms. The molecule has 5 rings (SSSR count). The van der Waals surface area contributed by atoms with E-state index in [0.717, 1.165) is 44.3 Å². The average molecular weight is 325 g/mol. The third-order valence-electron chi connectivity index (χ3n) is 4.38. The maximum absolute atomic E-state index is 6.14. The van der Waals surface area contributed by atoms with E-state index in [0.29, 0.717) is 6.61 Å². The van der Waals surface area contributed by atoms with Crippen LogP contribution in [0.3, 0.4) is 0 Å². The van der Waals surface area contributed by atoms with Gasteiger partial charge in [0.05, 0.1) is 16.4 Å². The van der Waals surface area contributed by atoms with Crippen molar-refractivity contribution in [3.63, 3.8) is 0 Å². The van der Waals surface area contributed by atoms with E-state index in [2.05, 4.69) is 6.08 Å². The average Bonchev–Trinajstić information content (AvgIpc) is 2.68. The maximum atomic E-state index is 6.14. The van der Waals surface area contributed by atoms with Crippen LogP contribution in [-0.2, 0) is 0 Å². The quantitative estimate of drug-likeness (QED) is 0.449. The van der Waals surface area contributed by atoms with E-state index in [1.807, 2.05) is 72.8 Å². The van der Waals surface area contributed by atoms with Gasteiger partial charge in [-0.2, -0.15) is 0 Å². The Morgan fingerprint density at radius 3 is 2.56 bits per heavy atom. The van der Waals surface area contributed by atoms with E-state index < -0.39 is 0 Å². The predicted molar refractivity (Wildman–Crippen MR) is 99.9 cm³/mol. The number of benzene rings is 3. The van der Waals surface area contributed by atoms with Gasteiger partial charge in [0.2, 0.25) is 0 Å². The molecule has 2 heterocycles. The number of ether oxygens (including phenoxy) is 1. The largest absolute Gasteiger partial charge is 0.489 e. The molecule has 1 aliphatic rings. The summed E-state index contributed by atoms with van der Waals surface area (Å²) in [5, 5.41) is 2.89. The first-order chi connectivity index (χ1) is 12.4. The van der Waals surface area contributed by atoms with Crippen LogP contribution in [0.5, 0.6) is 5.75 Å². The lowest BCUT2D eigenvalue weighted by atomic mass is 10.0. The van der Waals surface area contributed by atoms with Crippen molar-refractivity contribution < 1.29 is 9.15 Å². The van der Waals surface area contributed by atoms with Gasteiger partial charge < -0.3 is 9.15 Å². The molecule has 1 aliphatic heterocycles. The minimum atomic E-state index is 0.592. The van der Waals surface area contributed by atoms with E-state index in [-0.39, 0.29) is 0 Å². The summed E-state index contributed by atoms with van der Waals surface area (Å²) >= 11 is 0. The highest BCUT2D eigenvalue weighted by Gasteiger charge is 2.15. The van der Waals surface area contributed by atoms with Gasteiger partial charge in [-0.05, 0) is 42.5 Å². The molecule has 0 bridgehead atoms. The van der Waals surface area contributed by atoms with Gasteiger partial charge in [0.25, 0.3) is 0 Å². The Hall–Kier alpha value is -3.33. The molecule has 0 amide bonds. The highest BCUT2D eigenvalue weighted by Crippen LogP contribution is 2.31. The molecule has 25 heavy (non-hydrogen) atoms. The number of fused-ring (bicyclic) bond motifs is 4. The zero-order chi connectivity index (χ0) is 16.6. The lowest BCUT2D eigenvalue weighted by molar-refractivity contribution is 0.359. The number of nitrogens with zero attached hydrogens (tertiary/aromatic N) is 1. The molecule has 1 aromatic heterocycles. The minimum Gasteiger partial charge on any atom is -0.489 e. The molecule has 0 atom stereocenters. The minimum absolute atomic E-state index is 0.592. The maximum Gasteiger partial charge on any atom is 0.137 e. The fourth-order valence-corrected chi connectivity index (χ4v) is 3.26. The van der Waals surface area contributed by atoms with Gasteiger partial charge in [-0.15, -0.1) is 0 Å². The Morgan fingerprint density at radius 1 is 0.800 bits per heavy atom. The summed E-state index contributed by atoms with van der Waals surface area (Å²) < 4.78 is 11.9. The number of para-hydroxylation sites is 2. The summed E-state index contributed by atoms with van der Waals surface area (Å²) in [4.78, 5) is 4.96. The number of hydrogen-bond donors (Lipinski definition) is 0. The molecule has 3 aromatic carbocycles. The SMILES string of the molecule is C1=Cc2c(ccc3oc4ccccc4c(=Nc4ccccc4)c23)OC1. The van der Waals surface area contributed by atoms with E-state index >= 15 is 0 Å². The molecule has 0 saturated heterocycles. The molecular weight excluding hydrogens is 310 g/mol. The molecule has 3 nitrogen and oxygen atoms in total. The van der Waals surface area contributed by atoms with E-state index in [1.54, 1.807) is 0 Å². The Balaban J connectivity index is 2.01. The number of hydrogen-bond acceptors (Lipinski definition) is 3. The molecule has 120 valence electrons. The molecule has 0 aliphatic carbocycles. The molecule has 0 unspecified atom stereocenters. The zero-order valence-electron chi connectivity index (χ0n) is 13.5. The summed E-state index contributed by atoms with van der Waals surface area (Å²) in [6.07, 6.45) is 4.11. The highest BCUT2D eigenvalue weighted by molar-refractivity contribution is 5.96. The molecule has 0 radical (unpaired) electrons. The van der Waals surface area contributed by atoms with E-state index in [1.165, 1.54) is 0 Å². The van der Waals surface area contributed by atoms with Crippen LogP contribution < -0.4 is 10.1 Å². The van der Waals surface area contributed by atoms with Crippen molar-refractivity contribution in [3.8, 4) is 5.75 Å². The van der Waals surface area contributed by atoms with Gasteiger partial charge in [-0.25, -0.2) is 4.99 Å². The monoisotopic (exact) mass is 325 g/mol. The molecule has 0 fully saturated rings. The molecular formula is C22H15NO2. The third-order valence-corrected chi connectivity index (χ3v) is 4.38. The van der Waals surface area contributed by atoms with Gasteiger partial charge in [-0.1, -0.05) is 36.4 Å². The first-order valence-electron chi connectivity index (χ1n) is 8.28. The second-order valence-electron chi connectivity index (χ2n) is 5.96. The van der Waals surface area contributed by atoms with Gasteiger partial charge in [0.1, 0.15) is 23.5 Å². The Labute approximate surface area is 144 Å². The summed E-state index contributed by atoms with van der Waals surface area (Å²) in [6, 6.07) is 21.9. The van der Waals surface area contributed by atoms with E-state index in [4.69, 9.17) is 14.1 Å². The van der Waals surface area contributed by atoms with Crippen LogP contribution in [0.25, 0.3) is 28.0 Å². The summed E-state index contributed by atoms with van der Waals surface area (Å²) in [6.45, 7) is 0.592. The molecule has 3 heteroatoms. The Morgan fingerprint density at radius 2 is 1.64 bits per heavy atom. The fraction of sp³-hybridized carbons (Fsp3) is 0.0455. The van der Waals surface area contributed by atoms with Gasteiger partial charge >= 0.3 is 0 Å². The third kappa shape index (κ3) is 2.32. The van der Waals surface area contributed by atoms with Crippen LogP contribution in [0, 0.1) is 0 Å². The first kappa shape index (κ1) is 14.1. The van der Waals surface area contributed by atoms with Crippen molar-refractivity contribution in [2.75, 3.05) is 6.61 Å². The van der Waals surface area contributed by atoms with Gasteiger partial charge in [-0.3, -0.25) is 0 Å². The number of rotatable bonds is 1. The van der Waals surface area contributed by atoms with Crippen molar-refractivity contribution in [3.05, 3.63) is 83.7 Å². The van der Waals surface area contributed by atoms with Crippen LogP contribution in [0.15, 0.2) is 82.2 Å². The normalized spacial score (nSPS) is 13.8. The second kappa shape index (κ2) is 5.64. The Kier molecular flexibility index (Phi) is 3.17. The van der Waals surface area contributed by atoms with Crippen molar-refractivity contribution in [2.24, 2.45) is 4.99 Å². The van der Waals surface area contributed by atoms with Crippen LogP contribution in [0.4, 0.5) is 5.69 Å². The molecule has 4 aromatic rings. The van der Waals surface area contributed by atoms with Crippen molar-refractivity contribution >= 4 is 33.7 Å². The van der Waals surface area contributed by atoms with Crippen molar-refractivity contribution in [1.29, 1.82) is 0 Å². The summed E-state index contributed by atoms with van der Waals surface area (Å²) in [5.74, 6) is 0.866. The van der Waals surface area contributed by atoms with Crippen LogP contribution in [-0.4, -0.2) is 6.61 Å². The van der Waals surface area contributed by atoms with Crippen molar-refractivity contribution in [2.45, 2.75) is 0 Å². The molecule has 0 saturated carbocycles. The summed E-state index contributed by atoms with van der Waals surface area (Å²) in [7, 11) is 0. The van der Waals surface area contributed by atoms with Crippen molar-refractivity contribution in [1.82, 2.24) is 0 Å². The standard InChI is InChI=1S/C22H15NO2/c1-2-7-15(8-3-1)23-22-17-9-4-5-11-19(17)25-20-13-12-18-16(21(20)22)10-6-14-24-18/h1-13H,14H2. The predicted octanol–water partition coefficient (Wildman–Crippen LogP) is 5.22. The van der Waals surface area contributed by atoms with E-state index in [9.17, 15) is 0 Å². The summed E-state index contributed by atoms with van der Waals surface area (Å²) in [5.41, 5.74) is 3.57. The zero-order valence-corrected chi connectivity index (χ0v) is 13.5. The lowest BCUT2D eigenvalue weighted by Gasteiger charge is -2.15. The van der Waals surface area contributed by atoms with Gasteiger partial charge in [0.15, 0.2) is 0 Å². The highest BCUT2D eigenvalue weighted by atomic mass is 16.5. The Bertz CT molecular complexity index is 1190. The van der Waals surface area contributed by atoms with Crippen LogP contribution in [0.2, 0.25) is 0 Å².